The Bertz CT molecular complexity index is 260. The summed E-state index contributed by atoms with van der Waals surface area (Å²) >= 11 is 0. The molecule has 2 N–H and O–H groups in total. The Morgan fingerprint density at radius 3 is 2.62 bits per heavy atom. The third-order valence-electron chi connectivity index (χ3n) is 3.06. The molecule has 94 valence electrons. The summed E-state index contributed by atoms with van der Waals surface area (Å²) in [5.74, 6) is 0.0812. The molecule has 0 saturated carbocycles. The third-order valence-corrected chi connectivity index (χ3v) is 3.06. The van der Waals surface area contributed by atoms with Gasteiger partial charge in [0.2, 0.25) is 5.91 Å². The van der Waals surface area contributed by atoms with Gasteiger partial charge in [0.05, 0.1) is 12.1 Å². The molecule has 0 aromatic heterocycles. The lowest BCUT2D eigenvalue weighted by Gasteiger charge is -2.46. The van der Waals surface area contributed by atoms with Gasteiger partial charge in [0.1, 0.15) is 6.61 Å². The molecule has 1 aliphatic heterocycles. The maximum atomic E-state index is 11.8. The third kappa shape index (κ3) is 3.19. The van der Waals surface area contributed by atoms with Crippen LogP contribution in [0.5, 0.6) is 0 Å². The predicted molar refractivity (Wildman–Crippen MR) is 64.1 cm³/mol. The van der Waals surface area contributed by atoms with Gasteiger partial charge in [-0.15, -0.1) is 0 Å². The van der Waals surface area contributed by atoms with Crippen LogP contribution in [0, 0.1) is 0 Å². The molecule has 0 spiro atoms. The van der Waals surface area contributed by atoms with Gasteiger partial charge in [0, 0.05) is 5.54 Å². The van der Waals surface area contributed by atoms with Crippen molar-refractivity contribution in [2.45, 2.75) is 51.7 Å². The standard InChI is InChI=1S/C12H24N2O2/c1-11(2,3)14-9-12(4,6-5-7-13)16-8-10(14)15/h5-9,13H2,1-4H3. The second-order valence-corrected chi connectivity index (χ2v) is 5.78. The summed E-state index contributed by atoms with van der Waals surface area (Å²) in [4.78, 5) is 13.7. The van der Waals surface area contributed by atoms with E-state index in [4.69, 9.17) is 10.5 Å². The summed E-state index contributed by atoms with van der Waals surface area (Å²) in [5, 5.41) is 0. The highest BCUT2D eigenvalue weighted by molar-refractivity contribution is 5.79. The van der Waals surface area contributed by atoms with Crippen molar-refractivity contribution in [1.29, 1.82) is 0 Å². The number of carbonyl (C=O) groups is 1. The molecule has 0 radical (unpaired) electrons. The number of amides is 1. The monoisotopic (exact) mass is 228 g/mol. The van der Waals surface area contributed by atoms with Gasteiger partial charge in [0.25, 0.3) is 0 Å². The van der Waals surface area contributed by atoms with Crippen LogP contribution in [0.2, 0.25) is 0 Å². The Morgan fingerprint density at radius 1 is 1.50 bits per heavy atom. The van der Waals surface area contributed by atoms with Crippen LogP contribution in [-0.4, -0.2) is 41.6 Å². The normalized spacial score (nSPS) is 27.3. The van der Waals surface area contributed by atoms with Crippen molar-refractivity contribution in [3.63, 3.8) is 0 Å². The lowest BCUT2D eigenvalue weighted by molar-refractivity contribution is -0.170. The van der Waals surface area contributed by atoms with E-state index in [1.165, 1.54) is 0 Å². The maximum absolute atomic E-state index is 11.8. The van der Waals surface area contributed by atoms with E-state index in [9.17, 15) is 4.79 Å². The molecule has 1 heterocycles. The van der Waals surface area contributed by atoms with Gasteiger partial charge in [-0.25, -0.2) is 0 Å². The van der Waals surface area contributed by atoms with E-state index in [2.05, 4.69) is 27.7 Å². The van der Waals surface area contributed by atoms with Gasteiger partial charge in [-0.1, -0.05) is 0 Å². The molecule has 0 aliphatic carbocycles. The SMILES string of the molecule is CC1(CCCN)CN(C(C)(C)C)C(=O)CO1. The lowest BCUT2D eigenvalue weighted by Crippen LogP contribution is -2.59. The molecule has 1 atom stereocenters. The van der Waals surface area contributed by atoms with Crippen molar-refractivity contribution in [3.8, 4) is 0 Å². The molecule has 1 saturated heterocycles. The number of rotatable bonds is 3. The molecule has 0 aromatic carbocycles. The lowest BCUT2D eigenvalue weighted by atomic mass is 9.94. The highest BCUT2D eigenvalue weighted by Crippen LogP contribution is 2.27. The van der Waals surface area contributed by atoms with Crippen LogP contribution in [0.15, 0.2) is 0 Å². The first-order chi connectivity index (χ1) is 7.28. The van der Waals surface area contributed by atoms with Crippen molar-refractivity contribution in [2.75, 3.05) is 19.7 Å². The summed E-state index contributed by atoms with van der Waals surface area (Å²) < 4.78 is 5.66. The molecule has 1 unspecified atom stereocenters. The fourth-order valence-corrected chi connectivity index (χ4v) is 2.02. The highest BCUT2D eigenvalue weighted by atomic mass is 16.5. The minimum atomic E-state index is -0.236. The van der Waals surface area contributed by atoms with Crippen molar-refractivity contribution in [1.82, 2.24) is 4.90 Å². The average Bonchev–Trinajstić information content (AvgIpc) is 2.18. The zero-order chi connectivity index (χ0) is 12.4. The molecular formula is C12H24N2O2. The van der Waals surface area contributed by atoms with Gasteiger partial charge in [-0.2, -0.15) is 0 Å². The van der Waals surface area contributed by atoms with Gasteiger partial charge < -0.3 is 15.4 Å². The van der Waals surface area contributed by atoms with Crippen LogP contribution in [0.4, 0.5) is 0 Å². The highest BCUT2D eigenvalue weighted by Gasteiger charge is 2.39. The van der Waals surface area contributed by atoms with Gasteiger partial charge in [-0.05, 0) is 47.1 Å². The molecule has 4 nitrogen and oxygen atoms in total. The quantitative estimate of drug-likeness (QED) is 0.788. The first kappa shape index (κ1) is 13.5. The van der Waals surface area contributed by atoms with Crippen LogP contribution < -0.4 is 5.73 Å². The number of nitrogens with zero attached hydrogens (tertiary/aromatic N) is 1. The van der Waals surface area contributed by atoms with Crippen LogP contribution in [-0.2, 0) is 9.53 Å². The second kappa shape index (κ2) is 4.72. The number of carbonyl (C=O) groups excluding carboxylic acids is 1. The summed E-state index contributed by atoms with van der Waals surface area (Å²) in [5.41, 5.74) is 5.15. The number of ether oxygens (including phenoxy) is 1. The topological polar surface area (TPSA) is 55.6 Å². The van der Waals surface area contributed by atoms with E-state index in [1.807, 2.05) is 4.90 Å². The second-order valence-electron chi connectivity index (χ2n) is 5.78. The largest absolute Gasteiger partial charge is 0.364 e. The molecule has 16 heavy (non-hydrogen) atoms. The maximum Gasteiger partial charge on any atom is 0.249 e. The summed E-state index contributed by atoms with van der Waals surface area (Å²) in [6, 6.07) is 0. The van der Waals surface area contributed by atoms with Crippen molar-refractivity contribution >= 4 is 5.91 Å². The van der Waals surface area contributed by atoms with Crippen LogP contribution >= 0.6 is 0 Å². The molecule has 0 aromatic rings. The van der Waals surface area contributed by atoms with E-state index in [0.717, 1.165) is 12.8 Å². The smallest absolute Gasteiger partial charge is 0.249 e. The average molecular weight is 228 g/mol. The first-order valence-corrected chi connectivity index (χ1v) is 5.93. The number of hydrogen-bond donors (Lipinski definition) is 1. The molecule has 4 heteroatoms. The molecule has 1 amide bonds. The Balaban J connectivity index is 2.70. The Kier molecular flexibility index (Phi) is 3.97. The van der Waals surface area contributed by atoms with E-state index in [1.54, 1.807) is 0 Å². The zero-order valence-electron chi connectivity index (χ0n) is 10.9. The fourth-order valence-electron chi connectivity index (χ4n) is 2.02. The number of nitrogens with two attached hydrogens (primary N) is 1. The van der Waals surface area contributed by atoms with Gasteiger partial charge >= 0.3 is 0 Å². The van der Waals surface area contributed by atoms with Crippen LogP contribution in [0.25, 0.3) is 0 Å². The minimum absolute atomic E-state index is 0.0812. The van der Waals surface area contributed by atoms with Crippen molar-refractivity contribution < 1.29 is 9.53 Å². The van der Waals surface area contributed by atoms with Crippen molar-refractivity contribution in [2.24, 2.45) is 5.73 Å². The Hall–Kier alpha value is -0.610. The van der Waals surface area contributed by atoms with Crippen molar-refractivity contribution in [3.05, 3.63) is 0 Å². The first-order valence-electron chi connectivity index (χ1n) is 5.93. The molecule has 1 fully saturated rings. The van der Waals surface area contributed by atoms with E-state index >= 15 is 0 Å². The van der Waals surface area contributed by atoms with Gasteiger partial charge in [0.15, 0.2) is 0 Å². The molecular weight excluding hydrogens is 204 g/mol. The predicted octanol–water partition coefficient (Wildman–Crippen LogP) is 1.14. The summed E-state index contributed by atoms with van der Waals surface area (Å²) in [6.07, 6.45) is 1.84. The molecule has 1 rings (SSSR count). The molecule has 1 aliphatic rings. The minimum Gasteiger partial charge on any atom is -0.364 e. The molecule has 0 bridgehead atoms. The van der Waals surface area contributed by atoms with Crippen LogP contribution in [0.1, 0.15) is 40.5 Å². The summed E-state index contributed by atoms with van der Waals surface area (Å²) in [6.45, 7) is 9.75. The number of morpholine rings is 1. The van der Waals surface area contributed by atoms with Crippen LogP contribution in [0.3, 0.4) is 0 Å². The zero-order valence-corrected chi connectivity index (χ0v) is 10.9. The number of hydrogen-bond acceptors (Lipinski definition) is 3. The van der Waals surface area contributed by atoms with E-state index < -0.39 is 0 Å². The summed E-state index contributed by atoms with van der Waals surface area (Å²) in [7, 11) is 0. The Labute approximate surface area is 98.1 Å². The fraction of sp³-hybridized carbons (Fsp3) is 0.917. The van der Waals surface area contributed by atoms with E-state index in [-0.39, 0.29) is 23.7 Å². The Morgan fingerprint density at radius 2 is 2.12 bits per heavy atom. The van der Waals surface area contributed by atoms with E-state index in [0.29, 0.717) is 13.1 Å². The van der Waals surface area contributed by atoms with Gasteiger partial charge in [-0.3, -0.25) is 4.79 Å².